The summed E-state index contributed by atoms with van der Waals surface area (Å²) in [4.78, 5) is 16.8. The van der Waals surface area contributed by atoms with E-state index in [-0.39, 0.29) is 24.9 Å². The Kier molecular flexibility index (Phi) is 4.60. The summed E-state index contributed by atoms with van der Waals surface area (Å²) < 4.78 is 15.0. The van der Waals surface area contributed by atoms with Crippen molar-refractivity contribution in [3.8, 4) is 6.07 Å². The highest BCUT2D eigenvalue weighted by Crippen LogP contribution is 2.34. The summed E-state index contributed by atoms with van der Waals surface area (Å²) in [5.74, 6) is -0.0410. The second-order valence-corrected chi connectivity index (χ2v) is 3.90. The zero-order valence-electron chi connectivity index (χ0n) is 6.43. The molecule has 0 rings (SSSR count). The van der Waals surface area contributed by atoms with Gasteiger partial charge in [0.15, 0.2) is 5.76 Å². The van der Waals surface area contributed by atoms with Gasteiger partial charge in [-0.25, -0.2) is 0 Å². The van der Waals surface area contributed by atoms with Gasteiger partial charge in [0.05, 0.1) is 12.8 Å². The molecule has 0 atom stereocenters. The van der Waals surface area contributed by atoms with Crippen LogP contribution in [0.1, 0.15) is 6.42 Å². The second kappa shape index (κ2) is 4.94. The van der Waals surface area contributed by atoms with Crippen molar-refractivity contribution >= 4 is 7.60 Å². The number of hydrogen-bond donors (Lipinski definition) is 2. The first-order valence-electron chi connectivity index (χ1n) is 3.22. The fourth-order valence-electron chi connectivity index (χ4n) is 0.498. The van der Waals surface area contributed by atoms with Gasteiger partial charge in [-0.05, 0) is 13.0 Å². The minimum atomic E-state index is -3.93. The molecule has 12 heavy (non-hydrogen) atoms. The molecule has 0 spiro atoms. The van der Waals surface area contributed by atoms with Gasteiger partial charge in [0.1, 0.15) is 6.07 Å². The zero-order valence-corrected chi connectivity index (χ0v) is 7.33. The van der Waals surface area contributed by atoms with Crippen LogP contribution in [0.25, 0.3) is 0 Å². The van der Waals surface area contributed by atoms with E-state index in [1.807, 2.05) is 0 Å². The highest BCUT2D eigenvalue weighted by atomic mass is 31.2. The van der Waals surface area contributed by atoms with Crippen molar-refractivity contribution in [1.82, 2.24) is 0 Å². The van der Waals surface area contributed by atoms with E-state index in [1.54, 1.807) is 6.07 Å². The van der Waals surface area contributed by atoms with Crippen LogP contribution >= 0.6 is 7.60 Å². The molecule has 0 aliphatic heterocycles. The summed E-state index contributed by atoms with van der Waals surface area (Å²) in [5.41, 5.74) is 0. The molecule has 0 unspecified atom stereocenters. The third kappa shape index (κ3) is 7.29. The number of nitrogens with zero attached hydrogens (tertiary/aromatic N) is 1. The molecule has 0 fully saturated rings. The predicted octanol–water partition coefficient (Wildman–Crippen LogP) is 0.608. The molecule has 0 aromatic rings. The Bertz CT molecular complexity index is 238. The molecule has 6 heteroatoms. The van der Waals surface area contributed by atoms with Crippen LogP contribution in [0, 0.1) is 11.3 Å². The van der Waals surface area contributed by atoms with Crippen LogP contribution in [0.5, 0.6) is 0 Å². The highest BCUT2D eigenvalue weighted by Gasteiger charge is 2.11. The van der Waals surface area contributed by atoms with Crippen LogP contribution in [-0.2, 0) is 9.30 Å². The lowest BCUT2D eigenvalue weighted by Crippen LogP contribution is -1.96. The van der Waals surface area contributed by atoms with Gasteiger partial charge >= 0.3 is 7.60 Å². The summed E-state index contributed by atoms with van der Waals surface area (Å²) in [7, 11) is -3.93. The van der Waals surface area contributed by atoms with Gasteiger partial charge in [0, 0.05) is 0 Å². The third-order valence-electron chi connectivity index (χ3n) is 0.995. The van der Waals surface area contributed by atoms with Gasteiger partial charge in [-0.15, -0.1) is 0 Å². The molecule has 0 heterocycles. The molecule has 0 radical (unpaired) electrons. The van der Waals surface area contributed by atoms with Gasteiger partial charge < -0.3 is 14.5 Å². The number of allylic oxidation sites excluding steroid dienone is 1. The van der Waals surface area contributed by atoms with Gasteiger partial charge in [0.25, 0.3) is 0 Å². The van der Waals surface area contributed by atoms with Crippen LogP contribution in [0.3, 0.4) is 0 Å². The summed E-state index contributed by atoms with van der Waals surface area (Å²) in [6.45, 7) is 3.34. The average molecular weight is 191 g/mol. The molecule has 0 aliphatic carbocycles. The molecule has 0 aromatic carbocycles. The predicted molar refractivity (Wildman–Crippen MR) is 42.2 cm³/mol. The van der Waals surface area contributed by atoms with Crippen LogP contribution in [-0.4, -0.2) is 22.6 Å². The summed E-state index contributed by atoms with van der Waals surface area (Å²) in [6, 6.07) is 1.65. The summed E-state index contributed by atoms with van der Waals surface area (Å²) >= 11 is 0. The first-order valence-corrected chi connectivity index (χ1v) is 5.02. The van der Waals surface area contributed by atoms with Crippen LogP contribution in [0.2, 0.25) is 0 Å². The fraction of sp³-hybridized carbons (Fsp3) is 0.500. The van der Waals surface area contributed by atoms with Crippen molar-refractivity contribution < 1.29 is 19.1 Å². The maximum Gasteiger partial charge on any atom is 0.325 e. The van der Waals surface area contributed by atoms with Gasteiger partial charge in [-0.1, -0.05) is 0 Å². The standard InChI is InChI=1S/C6H10NO4P/c1-6(5-7)11-3-2-4-12(8,9)10/h1-4H2,(H2,8,9,10). The first kappa shape index (κ1) is 11.2. The minimum Gasteiger partial charge on any atom is -0.484 e. The van der Waals surface area contributed by atoms with Crippen molar-refractivity contribution in [3.05, 3.63) is 12.3 Å². The van der Waals surface area contributed by atoms with Gasteiger partial charge in [-0.3, -0.25) is 4.57 Å². The third-order valence-corrected chi connectivity index (χ3v) is 1.89. The second-order valence-electron chi connectivity index (χ2n) is 2.13. The zero-order chi connectivity index (χ0) is 9.61. The molecule has 0 saturated heterocycles. The Labute approximate surface area is 70.4 Å². The van der Waals surface area contributed by atoms with Crippen LogP contribution < -0.4 is 0 Å². The Morgan fingerprint density at radius 2 is 2.25 bits per heavy atom. The maximum absolute atomic E-state index is 10.3. The number of nitriles is 1. The quantitative estimate of drug-likeness (QED) is 0.287. The molecule has 0 aromatic heterocycles. The van der Waals surface area contributed by atoms with Gasteiger partial charge in [0.2, 0.25) is 0 Å². The van der Waals surface area contributed by atoms with Crippen molar-refractivity contribution in [2.24, 2.45) is 0 Å². The summed E-state index contributed by atoms with van der Waals surface area (Å²) in [6.07, 6.45) is -0.0172. The van der Waals surface area contributed by atoms with Crippen LogP contribution in [0.4, 0.5) is 0 Å². The highest BCUT2D eigenvalue weighted by molar-refractivity contribution is 7.51. The van der Waals surface area contributed by atoms with Crippen molar-refractivity contribution in [1.29, 1.82) is 5.26 Å². The molecule has 5 nitrogen and oxygen atoms in total. The number of rotatable bonds is 5. The Hall–Kier alpha value is -0.820. The van der Waals surface area contributed by atoms with E-state index in [0.29, 0.717) is 0 Å². The topological polar surface area (TPSA) is 90.5 Å². The largest absolute Gasteiger partial charge is 0.484 e. The number of hydrogen-bond acceptors (Lipinski definition) is 3. The normalized spacial score (nSPS) is 10.4. The van der Waals surface area contributed by atoms with E-state index in [1.165, 1.54) is 0 Å². The Morgan fingerprint density at radius 1 is 1.67 bits per heavy atom. The molecule has 0 amide bonds. The minimum absolute atomic E-state index is 0.0410. The smallest absolute Gasteiger partial charge is 0.325 e. The van der Waals surface area contributed by atoms with E-state index in [2.05, 4.69) is 11.3 Å². The van der Waals surface area contributed by atoms with Gasteiger partial charge in [-0.2, -0.15) is 5.26 Å². The lowest BCUT2D eigenvalue weighted by Gasteiger charge is -2.03. The SMILES string of the molecule is C=C(C#N)OCCCP(=O)(O)O. The van der Waals surface area contributed by atoms with Crippen LogP contribution in [0.15, 0.2) is 12.3 Å². The average Bonchev–Trinajstić information content (AvgIpc) is 1.96. The van der Waals surface area contributed by atoms with E-state index in [0.717, 1.165) is 0 Å². The molecule has 2 N–H and O–H groups in total. The molecule has 0 aliphatic rings. The monoisotopic (exact) mass is 191 g/mol. The summed E-state index contributed by atoms with van der Waals surface area (Å²) in [5, 5.41) is 8.17. The van der Waals surface area contributed by atoms with Crippen molar-refractivity contribution in [2.75, 3.05) is 12.8 Å². The van der Waals surface area contributed by atoms with E-state index in [4.69, 9.17) is 15.0 Å². The Morgan fingerprint density at radius 3 is 2.67 bits per heavy atom. The van der Waals surface area contributed by atoms with Crippen molar-refractivity contribution in [2.45, 2.75) is 6.42 Å². The molecular weight excluding hydrogens is 181 g/mol. The maximum atomic E-state index is 10.3. The van der Waals surface area contributed by atoms with E-state index in [9.17, 15) is 4.57 Å². The Balaban J connectivity index is 3.42. The molecule has 68 valence electrons. The van der Waals surface area contributed by atoms with Crippen molar-refractivity contribution in [3.63, 3.8) is 0 Å². The van der Waals surface area contributed by atoms with E-state index < -0.39 is 7.60 Å². The van der Waals surface area contributed by atoms with E-state index >= 15 is 0 Å². The number of ether oxygens (including phenoxy) is 1. The molecular formula is C6H10NO4P. The molecule has 0 bridgehead atoms. The fourth-order valence-corrected chi connectivity index (χ4v) is 1.04. The first-order chi connectivity index (χ1) is 5.45. The lowest BCUT2D eigenvalue weighted by atomic mass is 10.5. The lowest BCUT2D eigenvalue weighted by molar-refractivity contribution is 0.226. The molecule has 0 saturated carbocycles.